The summed E-state index contributed by atoms with van der Waals surface area (Å²) in [6, 6.07) is 0. The van der Waals surface area contributed by atoms with Crippen molar-refractivity contribution in [2.24, 2.45) is 11.8 Å². The van der Waals surface area contributed by atoms with Crippen molar-refractivity contribution >= 4 is 18.3 Å². The summed E-state index contributed by atoms with van der Waals surface area (Å²) in [5.41, 5.74) is 0. The molecule has 0 saturated carbocycles. The number of ether oxygens (including phenoxy) is 1. The van der Waals surface area contributed by atoms with E-state index >= 15 is 0 Å². The first-order valence-corrected chi connectivity index (χ1v) is 6.93. The maximum Gasteiger partial charge on any atom is 0.225 e. The van der Waals surface area contributed by atoms with E-state index in [9.17, 15) is 4.79 Å². The third-order valence-electron chi connectivity index (χ3n) is 4.42. The molecule has 1 amide bonds. The number of carbonyl (C=O) groups excluding carboxylic acids is 1. The molecule has 0 bridgehead atoms. The summed E-state index contributed by atoms with van der Waals surface area (Å²) >= 11 is 0. The van der Waals surface area contributed by atoms with Crippen LogP contribution in [0.25, 0.3) is 0 Å². The normalized spacial score (nSPS) is 35.1. The number of nitrogens with one attached hydrogen (secondary N) is 1. The van der Waals surface area contributed by atoms with Crippen LogP contribution in [0.5, 0.6) is 0 Å². The number of carbonyl (C=O) groups is 1. The van der Waals surface area contributed by atoms with Gasteiger partial charge in [0.25, 0.3) is 0 Å². The topological polar surface area (TPSA) is 41.6 Å². The molecule has 3 aliphatic rings. The molecule has 0 aliphatic carbocycles. The number of likely N-dealkylation sites (tertiary alicyclic amines) is 1. The number of hydrogen-bond acceptors (Lipinski definition) is 3. The average molecular weight is 275 g/mol. The van der Waals surface area contributed by atoms with Gasteiger partial charge in [0.05, 0.1) is 12.5 Å². The Balaban J connectivity index is 0.00000120. The molecule has 0 aromatic heterocycles. The number of rotatable bonds is 2. The van der Waals surface area contributed by atoms with E-state index in [-0.39, 0.29) is 18.5 Å². The molecule has 0 aromatic carbocycles. The van der Waals surface area contributed by atoms with Crippen LogP contribution in [0.1, 0.15) is 25.7 Å². The summed E-state index contributed by atoms with van der Waals surface area (Å²) in [6.45, 7) is 4.95. The highest BCUT2D eigenvalue weighted by molar-refractivity contribution is 5.85. The van der Waals surface area contributed by atoms with Crippen LogP contribution in [0.3, 0.4) is 0 Å². The van der Waals surface area contributed by atoms with E-state index in [1.54, 1.807) is 0 Å². The summed E-state index contributed by atoms with van der Waals surface area (Å²) in [5.74, 6) is 1.71. The van der Waals surface area contributed by atoms with Gasteiger partial charge in [-0.3, -0.25) is 4.79 Å². The van der Waals surface area contributed by atoms with Gasteiger partial charge in [-0.2, -0.15) is 0 Å². The Morgan fingerprint density at radius 2 is 1.94 bits per heavy atom. The van der Waals surface area contributed by atoms with E-state index in [4.69, 9.17) is 4.74 Å². The lowest BCUT2D eigenvalue weighted by atomic mass is 10.0. The summed E-state index contributed by atoms with van der Waals surface area (Å²) < 4.78 is 5.64. The summed E-state index contributed by atoms with van der Waals surface area (Å²) in [6.07, 6.45) is 4.23. The van der Waals surface area contributed by atoms with E-state index in [2.05, 4.69) is 10.2 Å². The summed E-state index contributed by atoms with van der Waals surface area (Å²) in [7, 11) is 0. The molecule has 0 spiro atoms. The molecule has 5 heteroatoms. The number of nitrogens with zero attached hydrogens (tertiary/aromatic N) is 1. The van der Waals surface area contributed by atoms with E-state index in [0.29, 0.717) is 24.2 Å². The highest BCUT2D eigenvalue weighted by Crippen LogP contribution is 2.27. The van der Waals surface area contributed by atoms with Gasteiger partial charge < -0.3 is 15.0 Å². The molecule has 1 N–H and O–H groups in total. The zero-order valence-electron chi connectivity index (χ0n) is 10.8. The first-order valence-electron chi connectivity index (χ1n) is 6.93. The fraction of sp³-hybridized carbons (Fsp3) is 0.923. The Labute approximate surface area is 115 Å². The van der Waals surface area contributed by atoms with Crippen molar-refractivity contribution in [1.29, 1.82) is 0 Å². The van der Waals surface area contributed by atoms with Gasteiger partial charge in [-0.1, -0.05) is 0 Å². The van der Waals surface area contributed by atoms with Crippen molar-refractivity contribution in [2.75, 3.05) is 32.8 Å². The minimum atomic E-state index is 0. The van der Waals surface area contributed by atoms with Crippen molar-refractivity contribution in [3.63, 3.8) is 0 Å². The van der Waals surface area contributed by atoms with E-state index in [1.165, 1.54) is 6.42 Å². The first kappa shape index (κ1) is 14.1. The monoisotopic (exact) mass is 274 g/mol. The maximum atomic E-state index is 12.2. The second-order valence-electron chi connectivity index (χ2n) is 5.67. The van der Waals surface area contributed by atoms with Gasteiger partial charge in [-0.25, -0.2) is 0 Å². The van der Waals surface area contributed by atoms with Gasteiger partial charge >= 0.3 is 0 Å². The molecule has 104 valence electrons. The third-order valence-corrected chi connectivity index (χ3v) is 4.42. The van der Waals surface area contributed by atoms with Crippen molar-refractivity contribution < 1.29 is 9.53 Å². The number of hydrogen-bond donors (Lipinski definition) is 1. The molecule has 18 heavy (non-hydrogen) atoms. The number of amides is 1. The van der Waals surface area contributed by atoms with Crippen LogP contribution >= 0.6 is 12.4 Å². The molecule has 3 heterocycles. The molecule has 3 aliphatic heterocycles. The van der Waals surface area contributed by atoms with Crippen LogP contribution < -0.4 is 5.32 Å². The van der Waals surface area contributed by atoms with Gasteiger partial charge in [-0.15, -0.1) is 12.4 Å². The lowest BCUT2D eigenvalue weighted by molar-refractivity contribution is -0.134. The second kappa shape index (κ2) is 6.22. The van der Waals surface area contributed by atoms with Crippen LogP contribution in [0.15, 0.2) is 0 Å². The fourth-order valence-corrected chi connectivity index (χ4v) is 3.35. The van der Waals surface area contributed by atoms with Crippen LogP contribution in [0, 0.1) is 11.8 Å². The van der Waals surface area contributed by atoms with Gasteiger partial charge in [0.2, 0.25) is 5.91 Å². The molecular weight excluding hydrogens is 252 g/mol. The van der Waals surface area contributed by atoms with Gasteiger partial charge in [0.1, 0.15) is 0 Å². The highest BCUT2D eigenvalue weighted by Gasteiger charge is 2.38. The van der Waals surface area contributed by atoms with Crippen LogP contribution in [-0.2, 0) is 9.53 Å². The van der Waals surface area contributed by atoms with Crippen LogP contribution in [-0.4, -0.2) is 49.7 Å². The van der Waals surface area contributed by atoms with Crippen molar-refractivity contribution in [3.8, 4) is 0 Å². The second-order valence-corrected chi connectivity index (χ2v) is 5.67. The molecule has 3 rings (SSSR count). The average Bonchev–Trinajstić information content (AvgIpc) is 2.90. The quantitative estimate of drug-likeness (QED) is 0.818. The standard InChI is InChI=1S/C13H22N2O2.ClH/c16-13(5-12-3-1-2-4-17-12)15-8-10-6-14-7-11(10)9-15;/h10-12,14H,1-9H2;1H/t10-,11+,12?;. The molecule has 0 aromatic rings. The lowest BCUT2D eigenvalue weighted by Crippen LogP contribution is -2.35. The Morgan fingerprint density at radius 3 is 2.56 bits per heavy atom. The Kier molecular flexibility index (Phi) is 4.87. The predicted octanol–water partition coefficient (Wildman–Crippen LogP) is 1.05. The lowest BCUT2D eigenvalue weighted by Gasteiger charge is -2.25. The first-order chi connectivity index (χ1) is 8.33. The minimum Gasteiger partial charge on any atom is -0.378 e. The highest BCUT2D eigenvalue weighted by atomic mass is 35.5. The van der Waals surface area contributed by atoms with Crippen molar-refractivity contribution in [1.82, 2.24) is 10.2 Å². The van der Waals surface area contributed by atoms with Crippen molar-refractivity contribution in [3.05, 3.63) is 0 Å². The molecule has 0 radical (unpaired) electrons. The fourth-order valence-electron chi connectivity index (χ4n) is 3.35. The minimum absolute atomic E-state index is 0. The number of halogens is 1. The molecule has 1 unspecified atom stereocenters. The summed E-state index contributed by atoms with van der Waals surface area (Å²) in [5, 5.41) is 3.40. The maximum absolute atomic E-state index is 12.2. The third kappa shape index (κ3) is 2.98. The van der Waals surface area contributed by atoms with Gasteiger partial charge in [0, 0.05) is 32.8 Å². The Bertz CT molecular complexity index is 283. The molecule has 3 atom stereocenters. The SMILES string of the molecule is Cl.O=C(CC1CCCCO1)N1C[C@H]2CNC[C@H]2C1. The smallest absolute Gasteiger partial charge is 0.225 e. The molecule has 3 fully saturated rings. The van der Waals surface area contributed by atoms with Crippen molar-refractivity contribution in [2.45, 2.75) is 31.8 Å². The summed E-state index contributed by atoms with van der Waals surface area (Å²) in [4.78, 5) is 14.2. The molecular formula is C13H23ClN2O2. The van der Waals surface area contributed by atoms with E-state index < -0.39 is 0 Å². The van der Waals surface area contributed by atoms with E-state index in [1.807, 2.05) is 0 Å². The van der Waals surface area contributed by atoms with Crippen LogP contribution in [0.2, 0.25) is 0 Å². The zero-order chi connectivity index (χ0) is 11.7. The Morgan fingerprint density at radius 1 is 1.22 bits per heavy atom. The predicted molar refractivity (Wildman–Crippen MR) is 71.9 cm³/mol. The van der Waals surface area contributed by atoms with Crippen LogP contribution in [0.4, 0.5) is 0 Å². The molecule has 4 nitrogen and oxygen atoms in total. The largest absolute Gasteiger partial charge is 0.378 e. The number of fused-ring (bicyclic) bond motifs is 1. The van der Waals surface area contributed by atoms with Gasteiger partial charge in [-0.05, 0) is 31.1 Å². The Hall–Kier alpha value is -0.320. The van der Waals surface area contributed by atoms with Gasteiger partial charge in [0.15, 0.2) is 0 Å². The van der Waals surface area contributed by atoms with E-state index in [0.717, 1.165) is 45.6 Å². The zero-order valence-corrected chi connectivity index (χ0v) is 11.6. The molecule has 3 saturated heterocycles.